The number of anilines is 1. The van der Waals surface area contributed by atoms with Crippen LogP contribution in [-0.2, 0) is 10.5 Å². The molecule has 2 rings (SSSR count). The van der Waals surface area contributed by atoms with Crippen molar-refractivity contribution in [2.75, 3.05) is 5.32 Å². The van der Waals surface area contributed by atoms with Crippen molar-refractivity contribution in [2.45, 2.75) is 17.9 Å². The average Bonchev–Trinajstić information content (AvgIpc) is 2.48. The number of nitrogens with one attached hydrogen (secondary N) is 1. The van der Waals surface area contributed by atoms with E-state index < -0.39 is 11.6 Å². The van der Waals surface area contributed by atoms with Gasteiger partial charge in [-0.2, -0.15) is 0 Å². The fraction of sp³-hybridized carbons (Fsp3) is 0.188. The van der Waals surface area contributed by atoms with Gasteiger partial charge in [0, 0.05) is 22.5 Å². The Morgan fingerprint density at radius 2 is 2.00 bits per heavy atom. The van der Waals surface area contributed by atoms with Crippen LogP contribution in [0, 0.1) is 11.6 Å². The smallest absolute Gasteiger partial charge is 0.237 e. The summed E-state index contributed by atoms with van der Waals surface area (Å²) in [6.07, 6.45) is 0. The van der Waals surface area contributed by atoms with Crippen LogP contribution >= 0.6 is 23.4 Å². The van der Waals surface area contributed by atoms with Crippen LogP contribution in [0.25, 0.3) is 0 Å². The van der Waals surface area contributed by atoms with E-state index in [2.05, 4.69) is 5.32 Å². The number of halogens is 3. The highest BCUT2D eigenvalue weighted by Gasteiger charge is 2.14. The lowest BCUT2D eigenvalue weighted by Crippen LogP contribution is -2.22. The van der Waals surface area contributed by atoms with Crippen LogP contribution in [0.4, 0.5) is 14.5 Å². The van der Waals surface area contributed by atoms with E-state index in [1.807, 2.05) is 18.2 Å². The van der Waals surface area contributed by atoms with Crippen molar-refractivity contribution in [1.82, 2.24) is 0 Å². The monoisotopic (exact) mass is 341 g/mol. The number of benzene rings is 2. The minimum atomic E-state index is -0.989. The summed E-state index contributed by atoms with van der Waals surface area (Å²) in [4.78, 5) is 12.0. The van der Waals surface area contributed by atoms with Crippen LogP contribution in [0.2, 0.25) is 5.02 Å². The quantitative estimate of drug-likeness (QED) is 0.839. The number of carbonyl (C=O) groups excluding carboxylic acids is 1. The largest absolute Gasteiger partial charge is 0.325 e. The molecule has 1 unspecified atom stereocenters. The second-order valence-corrected chi connectivity index (χ2v) is 6.47. The van der Waals surface area contributed by atoms with Crippen molar-refractivity contribution in [3.8, 4) is 0 Å². The number of hydrogen-bond acceptors (Lipinski definition) is 2. The zero-order valence-corrected chi connectivity index (χ0v) is 13.3. The summed E-state index contributed by atoms with van der Waals surface area (Å²) in [6.45, 7) is 1.75. The Hall–Kier alpha value is -1.59. The summed E-state index contributed by atoms with van der Waals surface area (Å²) >= 11 is 7.34. The zero-order valence-electron chi connectivity index (χ0n) is 11.8. The lowest BCUT2D eigenvalue weighted by atomic mass is 10.2. The number of carbonyl (C=O) groups is 1. The second-order valence-electron chi connectivity index (χ2n) is 4.70. The van der Waals surface area contributed by atoms with Crippen molar-refractivity contribution in [1.29, 1.82) is 0 Å². The van der Waals surface area contributed by atoms with Gasteiger partial charge in [0.05, 0.1) is 5.25 Å². The number of thioether (sulfide) groups is 1. The van der Waals surface area contributed by atoms with Gasteiger partial charge in [-0.3, -0.25) is 4.79 Å². The topological polar surface area (TPSA) is 29.1 Å². The van der Waals surface area contributed by atoms with Gasteiger partial charge in [0.15, 0.2) is 11.6 Å². The maximum atomic E-state index is 13.1. The van der Waals surface area contributed by atoms with Gasteiger partial charge in [-0.1, -0.05) is 23.7 Å². The average molecular weight is 342 g/mol. The summed E-state index contributed by atoms with van der Waals surface area (Å²) in [7, 11) is 0. The van der Waals surface area contributed by atoms with Gasteiger partial charge in [-0.25, -0.2) is 8.78 Å². The van der Waals surface area contributed by atoms with Crippen LogP contribution in [0.1, 0.15) is 12.5 Å². The van der Waals surface area contributed by atoms with E-state index in [9.17, 15) is 13.6 Å². The Kier molecular flexibility index (Phi) is 5.80. The summed E-state index contributed by atoms with van der Waals surface area (Å²) in [5.41, 5.74) is 1.25. The molecule has 0 aliphatic rings. The molecule has 1 N–H and O–H groups in total. The molecule has 0 spiro atoms. The van der Waals surface area contributed by atoms with Crippen LogP contribution in [0.5, 0.6) is 0 Å². The highest BCUT2D eigenvalue weighted by molar-refractivity contribution is 7.99. The Balaban J connectivity index is 1.90. The molecule has 2 aromatic rings. The minimum Gasteiger partial charge on any atom is -0.325 e. The van der Waals surface area contributed by atoms with Crippen molar-refractivity contribution in [3.05, 3.63) is 64.7 Å². The molecule has 6 heteroatoms. The Morgan fingerprint density at radius 3 is 2.68 bits per heavy atom. The second kappa shape index (κ2) is 7.61. The van der Waals surface area contributed by atoms with Gasteiger partial charge < -0.3 is 5.32 Å². The molecule has 0 saturated heterocycles. The SMILES string of the molecule is CC(SCc1cccc(Cl)c1)C(=O)Nc1ccc(F)c(F)c1. The molecule has 116 valence electrons. The van der Waals surface area contributed by atoms with Crippen molar-refractivity contribution >= 4 is 35.0 Å². The Bertz CT molecular complexity index is 681. The maximum absolute atomic E-state index is 13.1. The molecule has 1 amide bonds. The lowest BCUT2D eigenvalue weighted by Gasteiger charge is -2.12. The van der Waals surface area contributed by atoms with Gasteiger partial charge in [-0.15, -0.1) is 11.8 Å². The van der Waals surface area contributed by atoms with Gasteiger partial charge >= 0.3 is 0 Å². The highest BCUT2D eigenvalue weighted by Crippen LogP contribution is 2.21. The molecule has 0 heterocycles. The van der Waals surface area contributed by atoms with E-state index in [0.717, 1.165) is 17.7 Å². The molecule has 0 saturated carbocycles. The third-order valence-electron chi connectivity index (χ3n) is 2.95. The first-order chi connectivity index (χ1) is 10.5. The number of rotatable bonds is 5. The fourth-order valence-electron chi connectivity index (χ4n) is 1.74. The third kappa shape index (κ3) is 4.71. The molecule has 0 aliphatic carbocycles. The van der Waals surface area contributed by atoms with Crippen molar-refractivity contribution in [3.63, 3.8) is 0 Å². The third-order valence-corrected chi connectivity index (χ3v) is 4.39. The molecule has 0 bridgehead atoms. The summed E-state index contributed by atoms with van der Waals surface area (Å²) < 4.78 is 25.9. The number of amides is 1. The molecule has 0 radical (unpaired) electrons. The van der Waals surface area contributed by atoms with Gasteiger partial charge in [0.25, 0.3) is 0 Å². The molecule has 2 nitrogen and oxygen atoms in total. The van der Waals surface area contributed by atoms with E-state index >= 15 is 0 Å². The predicted molar refractivity (Wildman–Crippen MR) is 87.2 cm³/mol. The summed E-state index contributed by atoms with van der Waals surface area (Å²) in [5.74, 6) is -1.57. The first kappa shape index (κ1) is 16.8. The van der Waals surface area contributed by atoms with Crippen LogP contribution in [0.15, 0.2) is 42.5 Å². The molecular formula is C16H14ClF2NOS. The van der Waals surface area contributed by atoms with Gasteiger partial charge in [-0.05, 0) is 36.8 Å². The molecule has 0 aliphatic heterocycles. The summed E-state index contributed by atoms with van der Waals surface area (Å²) in [5, 5.41) is 2.87. The first-order valence-corrected chi connectivity index (χ1v) is 8.00. The standard InChI is InChI=1S/C16H14ClF2NOS/c1-10(22-9-11-3-2-4-12(17)7-11)16(21)20-13-5-6-14(18)15(19)8-13/h2-8,10H,9H2,1H3,(H,20,21). The Morgan fingerprint density at radius 1 is 1.23 bits per heavy atom. The molecule has 2 aromatic carbocycles. The molecule has 0 aromatic heterocycles. The Labute approximate surface area is 136 Å². The van der Waals surface area contributed by atoms with E-state index in [1.54, 1.807) is 13.0 Å². The van der Waals surface area contributed by atoms with E-state index in [4.69, 9.17) is 11.6 Å². The normalized spacial score (nSPS) is 12.0. The number of hydrogen-bond donors (Lipinski definition) is 1. The fourth-order valence-corrected chi connectivity index (χ4v) is 2.79. The first-order valence-electron chi connectivity index (χ1n) is 6.57. The lowest BCUT2D eigenvalue weighted by molar-refractivity contribution is -0.115. The minimum absolute atomic E-state index is 0.235. The van der Waals surface area contributed by atoms with Gasteiger partial charge in [0.2, 0.25) is 5.91 Å². The van der Waals surface area contributed by atoms with E-state index in [-0.39, 0.29) is 16.8 Å². The molecule has 22 heavy (non-hydrogen) atoms. The van der Waals surface area contributed by atoms with E-state index in [0.29, 0.717) is 10.8 Å². The maximum Gasteiger partial charge on any atom is 0.237 e. The molecule has 0 fully saturated rings. The predicted octanol–water partition coefficient (Wildman–Crippen LogP) is 4.88. The highest BCUT2D eigenvalue weighted by atomic mass is 35.5. The molecular weight excluding hydrogens is 328 g/mol. The van der Waals surface area contributed by atoms with Crippen LogP contribution < -0.4 is 5.32 Å². The van der Waals surface area contributed by atoms with Crippen molar-refractivity contribution in [2.24, 2.45) is 0 Å². The molecule has 1 atom stereocenters. The summed E-state index contributed by atoms with van der Waals surface area (Å²) in [6, 6.07) is 10.7. The van der Waals surface area contributed by atoms with Crippen LogP contribution in [-0.4, -0.2) is 11.2 Å². The van der Waals surface area contributed by atoms with E-state index in [1.165, 1.54) is 17.8 Å². The van der Waals surface area contributed by atoms with Crippen LogP contribution in [0.3, 0.4) is 0 Å². The zero-order chi connectivity index (χ0) is 16.1. The van der Waals surface area contributed by atoms with Gasteiger partial charge in [0.1, 0.15) is 0 Å². The van der Waals surface area contributed by atoms with Crippen molar-refractivity contribution < 1.29 is 13.6 Å².